The lowest BCUT2D eigenvalue weighted by molar-refractivity contribution is -0.533. The number of hydrogen-bond acceptors (Lipinski definition) is 2. The summed E-state index contributed by atoms with van der Waals surface area (Å²) >= 11 is 0. The standard InChI is InChI=1S/C19H28N2O2/c1-19(2,3)21(23)14-16-10-7-11-17(12-16)18(22)20-13-15-8-5-4-6-9-15/h4-6,8-9,14,16-17H,7,10-13H2,1-3H3,(H,20,22)/b21-14-. The van der Waals surface area contributed by atoms with Crippen LogP contribution in [0.1, 0.15) is 52.0 Å². The van der Waals surface area contributed by atoms with Gasteiger partial charge in [0.2, 0.25) is 5.91 Å². The van der Waals surface area contributed by atoms with Crippen molar-refractivity contribution in [1.29, 1.82) is 0 Å². The van der Waals surface area contributed by atoms with Crippen LogP contribution in [-0.4, -0.2) is 22.4 Å². The number of hydroxylamine groups is 1. The van der Waals surface area contributed by atoms with Crippen molar-refractivity contribution in [3.05, 3.63) is 41.1 Å². The van der Waals surface area contributed by atoms with Crippen molar-refractivity contribution in [3.63, 3.8) is 0 Å². The molecule has 1 fully saturated rings. The van der Waals surface area contributed by atoms with Crippen LogP contribution in [0.4, 0.5) is 0 Å². The van der Waals surface area contributed by atoms with Crippen molar-refractivity contribution in [2.24, 2.45) is 11.8 Å². The molecular formula is C19H28N2O2. The molecule has 2 rings (SSSR count). The van der Waals surface area contributed by atoms with E-state index in [2.05, 4.69) is 5.32 Å². The van der Waals surface area contributed by atoms with Crippen LogP contribution in [-0.2, 0) is 11.3 Å². The van der Waals surface area contributed by atoms with E-state index in [1.807, 2.05) is 51.1 Å². The quantitative estimate of drug-likeness (QED) is 0.400. The predicted molar refractivity (Wildman–Crippen MR) is 93.2 cm³/mol. The van der Waals surface area contributed by atoms with Crippen LogP contribution < -0.4 is 5.32 Å². The third-order valence-corrected chi connectivity index (χ3v) is 4.40. The highest BCUT2D eigenvalue weighted by Gasteiger charge is 2.29. The summed E-state index contributed by atoms with van der Waals surface area (Å²) in [5.74, 6) is 0.329. The number of amides is 1. The minimum Gasteiger partial charge on any atom is -0.624 e. The first kappa shape index (κ1) is 17.5. The summed E-state index contributed by atoms with van der Waals surface area (Å²) in [7, 11) is 0. The van der Waals surface area contributed by atoms with Crippen LogP contribution in [0, 0.1) is 17.0 Å². The minimum atomic E-state index is -0.414. The highest BCUT2D eigenvalue weighted by molar-refractivity contribution is 5.79. The third-order valence-electron chi connectivity index (χ3n) is 4.40. The molecule has 4 nitrogen and oxygen atoms in total. The van der Waals surface area contributed by atoms with Crippen LogP contribution in [0.2, 0.25) is 0 Å². The van der Waals surface area contributed by atoms with Crippen LogP contribution in [0.5, 0.6) is 0 Å². The van der Waals surface area contributed by atoms with Crippen molar-refractivity contribution in [1.82, 2.24) is 5.32 Å². The number of carbonyl (C=O) groups is 1. The Morgan fingerprint density at radius 2 is 2.00 bits per heavy atom. The Labute approximate surface area is 139 Å². The molecule has 126 valence electrons. The smallest absolute Gasteiger partial charge is 0.223 e. The topological polar surface area (TPSA) is 55.2 Å². The van der Waals surface area contributed by atoms with E-state index >= 15 is 0 Å². The first-order valence-electron chi connectivity index (χ1n) is 8.49. The molecule has 1 aliphatic carbocycles. The van der Waals surface area contributed by atoms with Crippen LogP contribution in [0.3, 0.4) is 0 Å². The van der Waals surface area contributed by atoms with E-state index in [1.54, 1.807) is 6.21 Å². The number of nitrogens with one attached hydrogen (secondary N) is 1. The molecule has 4 heteroatoms. The van der Waals surface area contributed by atoms with Gasteiger partial charge in [0.1, 0.15) is 0 Å². The van der Waals surface area contributed by atoms with Crippen molar-refractivity contribution < 1.29 is 9.53 Å². The Bertz CT molecular complexity index is 546. The molecule has 1 saturated carbocycles. The highest BCUT2D eigenvalue weighted by Crippen LogP contribution is 2.28. The van der Waals surface area contributed by atoms with Crippen molar-refractivity contribution in [2.45, 2.75) is 58.5 Å². The van der Waals surface area contributed by atoms with Crippen LogP contribution in [0.25, 0.3) is 0 Å². The summed E-state index contributed by atoms with van der Waals surface area (Å²) in [5.41, 5.74) is 0.695. The van der Waals surface area contributed by atoms with E-state index in [0.717, 1.165) is 36.0 Å². The second-order valence-electron chi connectivity index (χ2n) is 7.47. The lowest BCUT2D eigenvalue weighted by Gasteiger charge is -2.27. The molecule has 1 aromatic rings. The molecule has 1 amide bonds. The van der Waals surface area contributed by atoms with Gasteiger partial charge in [0.15, 0.2) is 11.8 Å². The molecule has 2 unspecified atom stereocenters. The fraction of sp³-hybridized carbons (Fsp3) is 0.579. The minimum absolute atomic E-state index is 0.0158. The van der Waals surface area contributed by atoms with Gasteiger partial charge in [0.05, 0.1) is 0 Å². The van der Waals surface area contributed by atoms with Gasteiger partial charge in [0.25, 0.3) is 0 Å². The van der Waals surface area contributed by atoms with Crippen molar-refractivity contribution in [3.8, 4) is 0 Å². The number of rotatable bonds is 4. The van der Waals surface area contributed by atoms with Gasteiger partial charge in [-0.1, -0.05) is 36.8 Å². The second-order valence-corrected chi connectivity index (χ2v) is 7.47. The summed E-state index contributed by atoms with van der Waals surface area (Å²) in [5, 5.41) is 15.1. The molecule has 1 aliphatic rings. The van der Waals surface area contributed by atoms with E-state index in [9.17, 15) is 10.0 Å². The van der Waals surface area contributed by atoms with Gasteiger partial charge in [-0.05, 0) is 24.8 Å². The Hall–Kier alpha value is -1.84. The molecular weight excluding hydrogens is 288 g/mol. The molecule has 2 atom stereocenters. The molecule has 0 saturated heterocycles. The summed E-state index contributed by atoms with van der Waals surface area (Å²) in [4.78, 5) is 12.4. The lowest BCUT2D eigenvalue weighted by atomic mass is 9.81. The van der Waals surface area contributed by atoms with Gasteiger partial charge in [0, 0.05) is 39.2 Å². The number of nitrogens with zero attached hydrogens (tertiary/aromatic N) is 1. The van der Waals surface area contributed by atoms with Crippen LogP contribution >= 0.6 is 0 Å². The average molecular weight is 316 g/mol. The van der Waals surface area contributed by atoms with Crippen LogP contribution in [0.15, 0.2) is 30.3 Å². The molecule has 0 radical (unpaired) electrons. The number of hydrogen-bond donors (Lipinski definition) is 1. The largest absolute Gasteiger partial charge is 0.624 e. The second kappa shape index (κ2) is 7.62. The maximum absolute atomic E-state index is 12.4. The molecule has 1 aromatic carbocycles. The highest BCUT2D eigenvalue weighted by atomic mass is 16.5. The Morgan fingerprint density at radius 3 is 2.65 bits per heavy atom. The van der Waals surface area contributed by atoms with Gasteiger partial charge in [-0.2, -0.15) is 0 Å². The summed E-state index contributed by atoms with van der Waals surface area (Å²) in [6.07, 6.45) is 5.46. The monoisotopic (exact) mass is 316 g/mol. The molecule has 0 bridgehead atoms. The number of benzene rings is 1. The Balaban J connectivity index is 1.89. The molecule has 1 N–H and O–H groups in total. The number of carbonyl (C=O) groups excluding carboxylic acids is 1. The SMILES string of the molecule is CC(C)(C)/[N+]([O-])=C/C1CCCC(C(=O)NCc2ccccc2)C1. The predicted octanol–water partition coefficient (Wildman–Crippen LogP) is 3.49. The van der Waals surface area contributed by atoms with Gasteiger partial charge >= 0.3 is 0 Å². The third kappa shape index (κ3) is 5.38. The zero-order valence-corrected chi connectivity index (χ0v) is 14.4. The molecule has 23 heavy (non-hydrogen) atoms. The fourth-order valence-corrected chi connectivity index (χ4v) is 2.95. The summed E-state index contributed by atoms with van der Waals surface area (Å²) < 4.78 is 1.04. The Morgan fingerprint density at radius 1 is 1.30 bits per heavy atom. The van der Waals surface area contributed by atoms with E-state index in [1.165, 1.54) is 0 Å². The summed E-state index contributed by atoms with van der Waals surface area (Å²) in [6.45, 7) is 6.29. The van der Waals surface area contributed by atoms with Gasteiger partial charge < -0.3 is 10.5 Å². The Kier molecular flexibility index (Phi) is 5.80. The molecule has 0 spiro atoms. The van der Waals surface area contributed by atoms with E-state index < -0.39 is 5.54 Å². The van der Waals surface area contributed by atoms with E-state index in [0.29, 0.717) is 6.54 Å². The first-order chi connectivity index (χ1) is 10.9. The first-order valence-corrected chi connectivity index (χ1v) is 8.49. The van der Waals surface area contributed by atoms with Crippen molar-refractivity contribution >= 4 is 12.1 Å². The average Bonchev–Trinajstić information content (AvgIpc) is 2.53. The molecule has 0 aliphatic heterocycles. The van der Waals surface area contributed by atoms with Crippen molar-refractivity contribution in [2.75, 3.05) is 0 Å². The molecule has 0 aromatic heterocycles. The van der Waals surface area contributed by atoms with E-state index in [-0.39, 0.29) is 17.7 Å². The fourth-order valence-electron chi connectivity index (χ4n) is 2.95. The lowest BCUT2D eigenvalue weighted by Crippen LogP contribution is -2.36. The van der Waals surface area contributed by atoms with Gasteiger partial charge in [-0.3, -0.25) is 4.79 Å². The maximum atomic E-state index is 12.4. The molecule has 0 heterocycles. The van der Waals surface area contributed by atoms with Gasteiger partial charge in [-0.15, -0.1) is 0 Å². The zero-order valence-electron chi connectivity index (χ0n) is 14.4. The maximum Gasteiger partial charge on any atom is 0.223 e. The van der Waals surface area contributed by atoms with E-state index in [4.69, 9.17) is 0 Å². The normalized spacial score (nSPS) is 22.7. The zero-order chi connectivity index (χ0) is 16.9. The van der Waals surface area contributed by atoms with Gasteiger partial charge in [-0.25, -0.2) is 4.74 Å². The summed E-state index contributed by atoms with van der Waals surface area (Å²) in [6, 6.07) is 9.94.